The van der Waals surface area contributed by atoms with Crippen LogP contribution in [0.1, 0.15) is 44.2 Å². The maximum atomic E-state index is 12.5. The summed E-state index contributed by atoms with van der Waals surface area (Å²) in [6, 6.07) is 13.9. The minimum atomic E-state index is -0.140. The number of carbonyl (C=O) groups excluding carboxylic acids is 1. The van der Waals surface area contributed by atoms with Crippen LogP contribution in [0.15, 0.2) is 65.6 Å². The van der Waals surface area contributed by atoms with Gasteiger partial charge in [-0.3, -0.25) is 9.78 Å². The summed E-state index contributed by atoms with van der Waals surface area (Å²) in [4.78, 5) is 20.8. The van der Waals surface area contributed by atoms with E-state index >= 15 is 0 Å². The summed E-state index contributed by atoms with van der Waals surface area (Å²) >= 11 is 0. The van der Waals surface area contributed by atoms with Crippen LogP contribution in [0.3, 0.4) is 0 Å². The predicted molar refractivity (Wildman–Crippen MR) is 121 cm³/mol. The number of pyridine rings is 1. The predicted octanol–water partition coefficient (Wildman–Crippen LogP) is 4.25. The van der Waals surface area contributed by atoms with Crippen molar-refractivity contribution in [1.82, 2.24) is 24.9 Å². The van der Waals surface area contributed by atoms with E-state index in [4.69, 9.17) is 4.52 Å². The Balaban J connectivity index is 1.33. The summed E-state index contributed by atoms with van der Waals surface area (Å²) in [7, 11) is 0. The summed E-state index contributed by atoms with van der Waals surface area (Å²) in [5.41, 5.74) is 3.33. The first-order chi connectivity index (χ1) is 15.4. The lowest BCUT2D eigenvalue weighted by molar-refractivity contribution is -0.116. The molecule has 8 nitrogen and oxygen atoms in total. The molecule has 0 atom stereocenters. The smallest absolute Gasteiger partial charge is 0.227 e. The molecule has 0 bridgehead atoms. The lowest BCUT2D eigenvalue weighted by atomic mass is 9.87. The number of aryl methyl sites for hydroxylation is 1. The highest BCUT2D eigenvalue weighted by atomic mass is 16.5. The molecule has 0 aliphatic rings. The van der Waals surface area contributed by atoms with Gasteiger partial charge in [0.2, 0.25) is 17.6 Å². The van der Waals surface area contributed by atoms with Crippen molar-refractivity contribution >= 4 is 11.7 Å². The van der Waals surface area contributed by atoms with Gasteiger partial charge in [0, 0.05) is 36.9 Å². The van der Waals surface area contributed by atoms with E-state index in [1.807, 2.05) is 0 Å². The van der Waals surface area contributed by atoms with Gasteiger partial charge in [-0.25, -0.2) is 4.68 Å². The minimum Gasteiger partial charge on any atom is -0.339 e. The standard InChI is InChI=1S/C24H26N6O2/c1-24(2,3)19-6-4-17(5-7-19)16-30-20(12-15-26-30)27-21(31)8-9-22-28-23(29-32-22)18-10-13-25-14-11-18/h4-7,10-15H,8-9,16H2,1-3H3,(H,27,31). The Morgan fingerprint density at radius 2 is 1.78 bits per heavy atom. The molecule has 0 spiro atoms. The molecular formula is C24H26N6O2. The Morgan fingerprint density at radius 3 is 2.50 bits per heavy atom. The summed E-state index contributed by atoms with van der Waals surface area (Å²) in [5.74, 6) is 1.41. The highest BCUT2D eigenvalue weighted by molar-refractivity contribution is 5.89. The van der Waals surface area contributed by atoms with E-state index in [1.54, 1.807) is 41.5 Å². The second-order valence-corrected chi connectivity index (χ2v) is 8.62. The van der Waals surface area contributed by atoms with Crippen molar-refractivity contribution in [2.75, 3.05) is 5.32 Å². The first kappa shape index (κ1) is 21.4. The molecule has 4 aromatic rings. The van der Waals surface area contributed by atoms with Crippen molar-refractivity contribution in [2.45, 2.75) is 45.6 Å². The van der Waals surface area contributed by atoms with E-state index < -0.39 is 0 Å². The highest BCUT2D eigenvalue weighted by Gasteiger charge is 2.14. The number of aromatic nitrogens is 5. The number of hydrogen-bond donors (Lipinski definition) is 1. The molecule has 0 radical (unpaired) electrons. The molecule has 0 aliphatic heterocycles. The summed E-state index contributed by atoms with van der Waals surface area (Å²) < 4.78 is 7.04. The Labute approximate surface area is 186 Å². The average molecular weight is 431 g/mol. The molecule has 0 saturated heterocycles. The van der Waals surface area contributed by atoms with Crippen LogP contribution in [0.2, 0.25) is 0 Å². The van der Waals surface area contributed by atoms with E-state index in [0.717, 1.165) is 11.1 Å². The SMILES string of the molecule is CC(C)(C)c1ccc(Cn2nccc2NC(=O)CCc2nc(-c3ccncc3)no2)cc1. The second-order valence-electron chi connectivity index (χ2n) is 8.62. The number of amides is 1. The lowest BCUT2D eigenvalue weighted by Gasteiger charge is -2.19. The zero-order valence-electron chi connectivity index (χ0n) is 18.4. The van der Waals surface area contributed by atoms with Crippen LogP contribution in [0.4, 0.5) is 5.82 Å². The van der Waals surface area contributed by atoms with E-state index in [1.165, 1.54) is 5.56 Å². The molecule has 4 rings (SSSR count). The van der Waals surface area contributed by atoms with Gasteiger partial charge in [-0.1, -0.05) is 50.2 Å². The second kappa shape index (κ2) is 9.13. The van der Waals surface area contributed by atoms with Crippen molar-refractivity contribution < 1.29 is 9.32 Å². The number of rotatable bonds is 7. The zero-order valence-corrected chi connectivity index (χ0v) is 18.4. The van der Waals surface area contributed by atoms with Gasteiger partial charge in [0.15, 0.2) is 0 Å². The lowest BCUT2D eigenvalue weighted by Crippen LogP contribution is -2.16. The Kier molecular flexibility index (Phi) is 6.11. The van der Waals surface area contributed by atoms with Gasteiger partial charge in [0.05, 0.1) is 12.7 Å². The van der Waals surface area contributed by atoms with Crippen LogP contribution >= 0.6 is 0 Å². The monoisotopic (exact) mass is 430 g/mol. The summed E-state index contributed by atoms with van der Waals surface area (Å²) in [6.07, 6.45) is 5.59. The number of nitrogens with zero attached hydrogens (tertiary/aromatic N) is 5. The summed E-state index contributed by atoms with van der Waals surface area (Å²) in [5, 5.41) is 11.2. The van der Waals surface area contributed by atoms with Crippen molar-refractivity contribution in [1.29, 1.82) is 0 Å². The molecular weight excluding hydrogens is 404 g/mol. The van der Waals surface area contributed by atoms with Crippen LogP contribution in [-0.2, 0) is 23.2 Å². The molecule has 1 aromatic carbocycles. The van der Waals surface area contributed by atoms with Crippen LogP contribution < -0.4 is 5.32 Å². The molecule has 0 aliphatic carbocycles. The van der Waals surface area contributed by atoms with E-state index in [2.05, 4.69) is 70.6 Å². The quantitative estimate of drug-likeness (QED) is 0.471. The van der Waals surface area contributed by atoms with Gasteiger partial charge in [-0.2, -0.15) is 10.1 Å². The van der Waals surface area contributed by atoms with Crippen LogP contribution in [0.25, 0.3) is 11.4 Å². The summed E-state index contributed by atoms with van der Waals surface area (Å²) in [6.45, 7) is 7.15. The van der Waals surface area contributed by atoms with Gasteiger partial charge in [-0.15, -0.1) is 0 Å². The van der Waals surface area contributed by atoms with Gasteiger partial charge in [-0.05, 0) is 28.7 Å². The number of anilines is 1. The number of benzene rings is 1. The van der Waals surface area contributed by atoms with Crippen LogP contribution in [-0.4, -0.2) is 30.8 Å². The third-order valence-corrected chi connectivity index (χ3v) is 5.11. The average Bonchev–Trinajstić information content (AvgIpc) is 3.42. The molecule has 0 fully saturated rings. The Morgan fingerprint density at radius 1 is 1.03 bits per heavy atom. The van der Waals surface area contributed by atoms with E-state index in [9.17, 15) is 4.79 Å². The fourth-order valence-electron chi connectivity index (χ4n) is 3.25. The molecule has 1 amide bonds. The fourth-order valence-corrected chi connectivity index (χ4v) is 3.25. The maximum absolute atomic E-state index is 12.5. The van der Waals surface area contributed by atoms with Crippen molar-refractivity contribution in [3.05, 3.63) is 78.1 Å². The van der Waals surface area contributed by atoms with Gasteiger partial charge in [0.25, 0.3) is 0 Å². The normalized spacial score (nSPS) is 11.5. The molecule has 32 heavy (non-hydrogen) atoms. The van der Waals surface area contributed by atoms with E-state index in [-0.39, 0.29) is 17.7 Å². The first-order valence-electron chi connectivity index (χ1n) is 10.5. The third-order valence-electron chi connectivity index (χ3n) is 5.11. The molecule has 164 valence electrons. The molecule has 8 heteroatoms. The molecule has 0 unspecified atom stereocenters. The Bertz CT molecular complexity index is 1170. The fraction of sp³-hybridized carbons (Fsp3) is 0.292. The molecule has 3 aromatic heterocycles. The zero-order chi connectivity index (χ0) is 22.6. The number of nitrogens with one attached hydrogen (secondary N) is 1. The van der Waals surface area contributed by atoms with Crippen molar-refractivity contribution in [3.8, 4) is 11.4 Å². The van der Waals surface area contributed by atoms with Crippen LogP contribution in [0.5, 0.6) is 0 Å². The van der Waals surface area contributed by atoms with Crippen molar-refractivity contribution in [3.63, 3.8) is 0 Å². The van der Waals surface area contributed by atoms with Gasteiger partial charge in [0.1, 0.15) is 5.82 Å². The highest BCUT2D eigenvalue weighted by Crippen LogP contribution is 2.23. The largest absolute Gasteiger partial charge is 0.339 e. The number of carbonyl (C=O) groups is 1. The van der Waals surface area contributed by atoms with Crippen molar-refractivity contribution in [2.24, 2.45) is 0 Å². The third kappa shape index (κ3) is 5.26. The Hall–Kier alpha value is -3.81. The first-order valence-corrected chi connectivity index (χ1v) is 10.5. The van der Waals surface area contributed by atoms with Gasteiger partial charge >= 0.3 is 0 Å². The minimum absolute atomic E-state index is 0.112. The van der Waals surface area contributed by atoms with E-state index in [0.29, 0.717) is 30.5 Å². The molecule has 3 heterocycles. The number of hydrogen-bond acceptors (Lipinski definition) is 6. The van der Waals surface area contributed by atoms with Gasteiger partial charge < -0.3 is 9.84 Å². The maximum Gasteiger partial charge on any atom is 0.227 e. The molecule has 0 saturated carbocycles. The molecule has 1 N–H and O–H groups in total. The topological polar surface area (TPSA) is 98.7 Å². The van der Waals surface area contributed by atoms with Crippen LogP contribution in [0, 0.1) is 0 Å².